The molecule has 3 rings (SSSR count). The van der Waals surface area contributed by atoms with E-state index in [0.717, 1.165) is 0 Å². The number of rotatable bonds is 6. The fourth-order valence-electron chi connectivity index (χ4n) is 3.05. The summed E-state index contributed by atoms with van der Waals surface area (Å²) >= 11 is 1.19. The molecule has 2 amide bonds. The van der Waals surface area contributed by atoms with Gasteiger partial charge in [-0.1, -0.05) is 17.8 Å². The summed E-state index contributed by atoms with van der Waals surface area (Å²) < 4.78 is 10.2. The first-order valence-electron chi connectivity index (χ1n) is 9.65. The van der Waals surface area contributed by atoms with Crippen molar-refractivity contribution in [1.29, 1.82) is 0 Å². The number of hydrogen-bond acceptors (Lipinski definition) is 7. The molecule has 1 unspecified atom stereocenters. The number of carbonyl (C=O) groups excluding carboxylic acids is 3. The van der Waals surface area contributed by atoms with Crippen LogP contribution in [-0.4, -0.2) is 49.0 Å². The maximum Gasteiger partial charge on any atom is 0.337 e. The van der Waals surface area contributed by atoms with E-state index in [9.17, 15) is 14.4 Å². The first-order valence-corrected chi connectivity index (χ1v) is 10.5. The smallest absolute Gasteiger partial charge is 0.337 e. The van der Waals surface area contributed by atoms with Crippen LogP contribution in [-0.2, 0) is 14.3 Å². The molecule has 1 atom stereocenters. The number of carbonyl (C=O) groups is 3. The molecule has 162 valence electrons. The first kappa shape index (κ1) is 22.4. The van der Waals surface area contributed by atoms with Crippen LogP contribution in [0.1, 0.15) is 23.7 Å². The van der Waals surface area contributed by atoms with Crippen LogP contribution in [0.5, 0.6) is 5.75 Å². The third kappa shape index (κ3) is 5.24. The van der Waals surface area contributed by atoms with E-state index in [-0.39, 0.29) is 18.2 Å². The van der Waals surface area contributed by atoms with Crippen LogP contribution >= 0.6 is 11.8 Å². The average Bonchev–Trinajstić information content (AvgIpc) is 3.06. The number of esters is 1. The number of nitrogens with zero attached hydrogens (tertiary/aromatic N) is 2. The second kappa shape index (κ2) is 10.1. The van der Waals surface area contributed by atoms with Gasteiger partial charge in [-0.3, -0.25) is 14.6 Å². The predicted octanol–water partition coefficient (Wildman–Crippen LogP) is 3.33. The zero-order valence-corrected chi connectivity index (χ0v) is 18.3. The average molecular weight is 442 g/mol. The van der Waals surface area contributed by atoms with Gasteiger partial charge in [0.05, 0.1) is 25.0 Å². The van der Waals surface area contributed by atoms with E-state index in [1.807, 2.05) is 6.92 Å². The fraction of sp³-hybridized carbons (Fsp3) is 0.273. The Morgan fingerprint density at radius 3 is 2.61 bits per heavy atom. The minimum atomic E-state index is -0.594. The molecular weight excluding hydrogens is 418 g/mol. The molecule has 1 heterocycles. The second-order valence-corrected chi connectivity index (χ2v) is 7.72. The number of amides is 2. The van der Waals surface area contributed by atoms with Crippen LogP contribution in [0.25, 0.3) is 0 Å². The summed E-state index contributed by atoms with van der Waals surface area (Å²) in [6.07, 6.45) is 0.0738. The van der Waals surface area contributed by atoms with Crippen molar-refractivity contribution >= 4 is 46.1 Å². The van der Waals surface area contributed by atoms with Crippen LogP contribution in [0, 0.1) is 0 Å². The maximum absolute atomic E-state index is 13.0. The van der Waals surface area contributed by atoms with Crippen molar-refractivity contribution in [2.24, 2.45) is 4.99 Å². The van der Waals surface area contributed by atoms with E-state index in [1.54, 1.807) is 55.6 Å². The molecule has 0 aromatic heterocycles. The van der Waals surface area contributed by atoms with Crippen LogP contribution in [0.2, 0.25) is 0 Å². The Morgan fingerprint density at radius 1 is 1.23 bits per heavy atom. The van der Waals surface area contributed by atoms with Gasteiger partial charge in [-0.05, 0) is 43.3 Å². The molecule has 0 bridgehead atoms. The normalized spacial score (nSPS) is 16.4. The minimum absolute atomic E-state index is 0.0738. The number of aliphatic imine (C=N–C) groups is 1. The number of anilines is 2. The van der Waals surface area contributed by atoms with Gasteiger partial charge >= 0.3 is 5.97 Å². The summed E-state index contributed by atoms with van der Waals surface area (Å²) in [7, 11) is 2.92. The number of hydrogen-bond donors (Lipinski definition) is 1. The van der Waals surface area contributed by atoms with Crippen molar-refractivity contribution < 1.29 is 23.9 Å². The van der Waals surface area contributed by atoms with E-state index < -0.39 is 11.2 Å². The molecule has 0 spiro atoms. The highest BCUT2D eigenvalue weighted by atomic mass is 32.2. The van der Waals surface area contributed by atoms with Gasteiger partial charge in [0, 0.05) is 25.2 Å². The molecule has 8 nitrogen and oxygen atoms in total. The molecule has 31 heavy (non-hydrogen) atoms. The largest absolute Gasteiger partial charge is 0.494 e. The van der Waals surface area contributed by atoms with Gasteiger partial charge in [0.15, 0.2) is 5.17 Å². The van der Waals surface area contributed by atoms with Gasteiger partial charge in [-0.25, -0.2) is 9.69 Å². The first-order chi connectivity index (χ1) is 15.0. The number of methoxy groups -OCH3 is 1. The molecule has 1 aliphatic heterocycles. The van der Waals surface area contributed by atoms with E-state index in [4.69, 9.17) is 4.74 Å². The Bertz CT molecular complexity index is 1010. The highest BCUT2D eigenvalue weighted by Crippen LogP contribution is 2.32. The lowest BCUT2D eigenvalue weighted by atomic mass is 10.2. The Kier molecular flexibility index (Phi) is 7.30. The summed E-state index contributed by atoms with van der Waals surface area (Å²) in [6, 6.07) is 13.6. The molecule has 9 heteroatoms. The van der Waals surface area contributed by atoms with E-state index >= 15 is 0 Å². The number of ether oxygens (including phenoxy) is 2. The SMILES string of the molecule is CCOc1cccc(N2C(=O)CC(SC(=NC)Nc3ccc(C(=O)OC)cc3)C2=O)c1. The molecule has 0 saturated carbocycles. The van der Waals surface area contributed by atoms with Gasteiger partial charge in [-0.15, -0.1) is 0 Å². The number of amidine groups is 1. The minimum Gasteiger partial charge on any atom is -0.494 e. The van der Waals surface area contributed by atoms with Crippen molar-refractivity contribution in [3.8, 4) is 5.75 Å². The standard InChI is InChI=1S/C22H23N3O5S/c1-4-30-17-7-5-6-16(12-17)25-19(26)13-18(20(25)27)31-22(23-2)24-15-10-8-14(9-11-15)21(28)29-3/h5-12,18H,4,13H2,1-3H3,(H,23,24). The summed E-state index contributed by atoms with van der Waals surface area (Å²) in [5.41, 5.74) is 1.61. The lowest BCUT2D eigenvalue weighted by molar-refractivity contribution is -0.121. The van der Waals surface area contributed by atoms with Crippen molar-refractivity contribution in [1.82, 2.24) is 0 Å². The number of nitrogens with one attached hydrogen (secondary N) is 1. The quantitative estimate of drug-likeness (QED) is 0.318. The lowest BCUT2D eigenvalue weighted by Crippen LogP contribution is -2.31. The molecule has 1 N–H and O–H groups in total. The second-order valence-electron chi connectivity index (χ2n) is 6.53. The van der Waals surface area contributed by atoms with Crippen LogP contribution < -0.4 is 15.0 Å². The number of thioether (sulfide) groups is 1. The van der Waals surface area contributed by atoms with Gasteiger partial charge < -0.3 is 14.8 Å². The van der Waals surface area contributed by atoms with Crippen LogP contribution in [0.3, 0.4) is 0 Å². The molecule has 2 aromatic rings. The summed E-state index contributed by atoms with van der Waals surface area (Å²) in [4.78, 5) is 42.5. The molecule has 2 aromatic carbocycles. The number of benzene rings is 2. The van der Waals surface area contributed by atoms with E-state index in [0.29, 0.717) is 34.5 Å². The van der Waals surface area contributed by atoms with E-state index in [2.05, 4.69) is 15.0 Å². The Hall–Kier alpha value is -3.33. The van der Waals surface area contributed by atoms with Crippen molar-refractivity contribution in [2.75, 3.05) is 31.0 Å². The van der Waals surface area contributed by atoms with Gasteiger partial charge in [0.2, 0.25) is 11.8 Å². The fourth-order valence-corrected chi connectivity index (χ4v) is 4.03. The summed E-state index contributed by atoms with van der Waals surface area (Å²) in [5, 5.41) is 3.01. The highest BCUT2D eigenvalue weighted by molar-refractivity contribution is 8.15. The van der Waals surface area contributed by atoms with Crippen molar-refractivity contribution in [3.05, 3.63) is 54.1 Å². The molecular formula is C22H23N3O5S. The molecule has 0 aliphatic carbocycles. The van der Waals surface area contributed by atoms with Gasteiger partial charge in [0.1, 0.15) is 11.0 Å². The summed E-state index contributed by atoms with van der Waals surface area (Å²) in [5.74, 6) is -0.389. The topological polar surface area (TPSA) is 97.3 Å². The zero-order valence-electron chi connectivity index (χ0n) is 17.5. The predicted molar refractivity (Wildman–Crippen MR) is 121 cm³/mol. The molecule has 0 radical (unpaired) electrons. The van der Waals surface area contributed by atoms with Gasteiger partial charge in [-0.2, -0.15) is 0 Å². The Morgan fingerprint density at radius 2 is 1.97 bits per heavy atom. The lowest BCUT2D eigenvalue weighted by Gasteiger charge is -2.16. The number of imide groups is 1. The van der Waals surface area contributed by atoms with Crippen LogP contribution in [0.15, 0.2) is 53.5 Å². The molecule has 1 saturated heterocycles. The third-order valence-electron chi connectivity index (χ3n) is 4.51. The Labute approximate surface area is 184 Å². The maximum atomic E-state index is 13.0. The van der Waals surface area contributed by atoms with Crippen molar-refractivity contribution in [2.45, 2.75) is 18.6 Å². The Balaban J connectivity index is 1.69. The molecule has 1 aliphatic rings. The third-order valence-corrected chi connectivity index (χ3v) is 5.67. The van der Waals surface area contributed by atoms with E-state index in [1.165, 1.54) is 23.8 Å². The van der Waals surface area contributed by atoms with Crippen LogP contribution in [0.4, 0.5) is 11.4 Å². The summed E-state index contributed by atoms with van der Waals surface area (Å²) in [6.45, 7) is 2.36. The molecule has 1 fully saturated rings. The van der Waals surface area contributed by atoms with Gasteiger partial charge in [0.25, 0.3) is 0 Å². The zero-order chi connectivity index (χ0) is 22.4. The highest BCUT2D eigenvalue weighted by Gasteiger charge is 2.41. The monoisotopic (exact) mass is 441 g/mol. The van der Waals surface area contributed by atoms with Crippen molar-refractivity contribution in [3.63, 3.8) is 0 Å².